The number of amides is 1. The van der Waals surface area contributed by atoms with Crippen molar-refractivity contribution in [3.8, 4) is 0 Å². The third kappa shape index (κ3) is 7.26. The van der Waals surface area contributed by atoms with Crippen LogP contribution in [0.5, 0.6) is 0 Å². The molecule has 94 valence electrons. The Balaban J connectivity index is 3.95. The van der Waals surface area contributed by atoms with E-state index in [2.05, 4.69) is 20.8 Å². The van der Waals surface area contributed by atoms with Crippen LogP contribution in [0.3, 0.4) is 0 Å². The van der Waals surface area contributed by atoms with Gasteiger partial charge in [-0.15, -0.1) is 0 Å². The van der Waals surface area contributed by atoms with Gasteiger partial charge in [0.2, 0.25) is 5.91 Å². The molecule has 4 heteroatoms. The Morgan fingerprint density at radius 3 is 2.25 bits per heavy atom. The standard InChI is InChI=1S/C12H23NO3/c1-6-16-11(15)9-10(14)13(5)8-7-12(2,3)4/h6-9H2,1-5H3. The van der Waals surface area contributed by atoms with E-state index in [4.69, 9.17) is 4.74 Å². The fraction of sp³-hybridized carbons (Fsp3) is 0.833. The zero-order chi connectivity index (χ0) is 12.8. The monoisotopic (exact) mass is 229 g/mol. The van der Waals surface area contributed by atoms with Crippen molar-refractivity contribution in [2.24, 2.45) is 5.41 Å². The molecule has 0 N–H and O–H groups in total. The van der Waals surface area contributed by atoms with E-state index in [0.717, 1.165) is 6.42 Å². The van der Waals surface area contributed by atoms with Gasteiger partial charge in [0.15, 0.2) is 0 Å². The van der Waals surface area contributed by atoms with Crippen molar-refractivity contribution in [3.05, 3.63) is 0 Å². The van der Waals surface area contributed by atoms with Crippen LogP contribution in [0.15, 0.2) is 0 Å². The minimum Gasteiger partial charge on any atom is -0.466 e. The van der Waals surface area contributed by atoms with Crippen molar-refractivity contribution in [1.29, 1.82) is 0 Å². The number of hydrogen-bond acceptors (Lipinski definition) is 3. The highest BCUT2D eigenvalue weighted by molar-refractivity contribution is 5.94. The summed E-state index contributed by atoms with van der Waals surface area (Å²) in [6.45, 7) is 9.08. The molecule has 0 saturated carbocycles. The predicted octanol–water partition coefficient (Wildman–Crippen LogP) is 1.83. The largest absolute Gasteiger partial charge is 0.466 e. The first-order valence-electron chi connectivity index (χ1n) is 5.66. The molecule has 0 aliphatic rings. The minimum atomic E-state index is -0.449. The summed E-state index contributed by atoms with van der Waals surface area (Å²) >= 11 is 0. The molecule has 0 aromatic rings. The lowest BCUT2D eigenvalue weighted by molar-refractivity contribution is -0.148. The Labute approximate surface area is 98.0 Å². The van der Waals surface area contributed by atoms with Crippen LogP contribution in [0.2, 0.25) is 0 Å². The van der Waals surface area contributed by atoms with Crippen molar-refractivity contribution in [3.63, 3.8) is 0 Å². The lowest BCUT2D eigenvalue weighted by Crippen LogP contribution is -2.31. The molecule has 0 aliphatic heterocycles. The summed E-state index contributed by atoms with van der Waals surface area (Å²) in [5.41, 5.74) is 0.193. The second-order valence-corrected chi connectivity index (χ2v) is 5.11. The van der Waals surface area contributed by atoms with E-state index in [1.54, 1.807) is 18.9 Å². The molecular weight excluding hydrogens is 206 g/mol. The average Bonchev–Trinajstić information content (AvgIpc) is 2.13. The molecule has 1 amide bonds. The third-order valence-corrected chi connectivity index (χ3v) is 2.22. The van der Waals surface area contributed by atoms with Gasteiger partial charge in [0.25, 0.3) is 0 Å². The molecule has 0 radical (unpaired) electrons. The summed E-state index contributed by atoms with van der Waals surface area (Å²) in [6.07, 6.45) is 0.756. The summed E-state index contributed by atoms with van der Waals surface area (Å²) < 4.78 is 4.72. The smallest absolute Gasteiger partial charge is 0.315 e. The second kappa shape index (κ2) is 6.51. The molecule has 0 spiro atoms. The van der Waals surface area contributed by atoms with Crippen molar-refractivity contribution < 1.29 is 14.3 Å². The predicted molar refractivity (Wildman–Crippen MR) is 63.0 cm³/mol. The van der Waals surface area contributed by atoms with Crippen molar-refractivity contribution in [2.45, 2.75) is 40.5 Å². The van der Waals surface area contributed by atoms with Gasteiger partial charge in [-0.25, -0.2) is 0 Å². The van der Waals surface area contributed by atoms with Gasteiger partial charge in [-0.05, 0) is 18.8 Å². The molecule has 16 heavy (non-hydrogen) atoms. The van der Waals surface area contributed by atoms with Crippen LogP contribution in [0.4, 0.5) is 0 Å². The zero-order valence-electron chi connectivity index (χ0n) is 11.0. The average molecular weight is 229 g/mol. The molecule has 0 rings (SSSR count). The fourth-order valence-electron chi connectivity index (χ4n) is 1.10. The molecule has 0 heterocycles. The van der Waals surface area contributed by atoms with Gasteiger partial charge in [-0.3, -0.25) is 9.59 Å². The quantitative estimate of drug-likeness (QED) is 0.534. The van der Waals surface area contributed by atoms with Gasteiger partial charge >= 0.3 is 5.97 Å². The first kappa shape index (κ1) is 14.9. The number of carbonyl (C=O) groups excluding carboxylic acids is 2. The Morgan fingerprint density at radius 2 is 1.81 bits per heavy atom. The maximum absolute atomic E-state index is 11.6. The van der Waals surface area contributed by atoms with Crippen molar-refractivity contribution >= 4 is 11.9 Å². The highest BCUT2D eigenvalue weighted by Gasteiger charge is 2.17. The van der Waals surface area contributed by atoms with Crippen LogP contribution in [0.1, 0.15) is 40.5 Å². The molecule has 0 fully saturated rings. The fourth-order valence-corrected chi connectivity index (χ4v) is 1.10. The Morgan fingerprint density at radius 1 is 1.25 bits per heavy atom. The summed E-state index contributed by atoms with van der Waals surface area (Å²) in [4.78, 5) is 24.2. The van der Waals surface area contributed by atoms with Crippen LogP contribution in [-0.2, 0) is 14.3 Å². The number of hydrogen-bond donors (Lipinski definition) is 0. The Bertz CT molecular complexity index is 243. The lowest BCUT2D eigenvalue weighted by Gasteiger charge is -2.23. The number of esters is 1. The van der Waals surface area contributed by atoms with Gasteiger partial charge in [0.05, 0.1) is 6.61 Å². The lowest BCUT2D eigenvalue weighted by atomic mass is 9.92. The molecule has 0 unspecified atom stereocenters. The summed E-state index contributed by atoms with van der Waals surface area (Å²) in [5.74, 6) is -0.627. The molecule has 0 atom stereocenters. The van der Waals surface area contributed by atoms with Gasteiger partial charge in [-0.2, -0.15) is 0 Å². The summed E-state index contributed by atoms with van der Waals surface area (Å²) in [7, 11) is 1.72. The van der Waals surface area contributed by atoms with Gasteiger partial charge in [0, 0.05) is 13.6 Å². The third-order valence-electron chi connectivity index (χ3n) is 2.22. The van der Waals surface area contributed by atoms with E-state index in [9.17, 15) is 9.59 Å². The normalized spacial score (nSPS) is 11.1. The van der Waals surface area contributed by atoms with Gasteiger partial charge < -0.3 is 9.64 Å². The van der Waals surface area contributed by atoms with E-state index in [0.29, 0.717) is 13.2 Å². The first-order valence-corrected chi connectivity index (χ1v) is 5.66. The number of ether oxygens (including phenoxy) is 1. The molecular formula is C12H23NO3. The van der Waals surface area contributed by atoms with Crippen molar-refractivity contribution in [1.82, 2.24) is 4.90 Å². The van der Waals surface area contributed by atoms with Crippen LogP contribution >= 0.6 is 0 Å². The number of rotatable bonds is 5. The van der Waals surface area contributed by atoms with Gasteiger partial charge in [-0.1, -0.05) is 20.8 Å². The Kier molecular flexibility index (Phi) is 6.08. The van der Waals surface area contributed by atoms with Gasteiger partial charge in [0.1, 0.15) is 6.42 Å². The van der Waals surface area contributed by atoms with Crippen LogP contribution in [-0.4, -0.2) is 37.0 Å². The Hall–Kier alpha value is -1.06. The molecule has 4 nitrogen and oxygen atoms in total. The summed E-state index contributed by atoms with van der Waals surface area (Å²) in [6, 6.07) is 0. The van der Waals surface area contributed by atoms with E-state index in [-0.39, 0.29) is 17.7 Å². The minimum absolute atomic E-state index is 0.158. The second-order valence-electron chi connectivity index (χ2n) is 5.11. The summed E-state index contributed by atoms with van der Waals surface area (Å²) in [5, 5.41) is 0. The van der Waals surface area contributed by atoms with Crippen LogP contribution in [0.25, 0.3) is 0 Å². The molecule has 0 aromatic heterocycles. The van der Waals surface area contributed by atoms with Crippen LogP contribution < -0.4 is 0 Å². The van der Waals surface area contributed by atoms with E-state index in [1.807, 2.05) is 0 Å². The van der Waals surface area contributed by atoms with E-state index in [1.165, 1.54) is 0 Å². The zero-order valence-corrected chi connectivity index (χ0v) is 11.0. The van der Waals surface area contributed by atoms with Crippen LogP contribution in [0, 0.1) is 5.41 Å². The maximum atomic E-state index is 11.6. The first-order chi connectivity index (χ1) is 7.26. The molecule has 0 aliphatic carbocycles. The highest BCUT2D eigenvalue weighted by atomic mass is 16.5. The highest BCUT2D eigenvalue weighted by Crippen LogP contribution is 2.18. The molecule has 0 aromatic carbocycles. The van der Waals surface area contributed by atoms with E-state index >= 15 is 0 Å². The molecule has 0 bridgehead atoms. The number of nitrogens with zero attached hydrogens (tertiary/aromatic N) is 1. The SMILES string of the molecule is CCOC(=O)CC(=O)N(C)CCC(C)(C)C. The number of carbonyl (C=O) groups is 2. The van der Waals surface area contributed by atoms with E-state index < -0.39 is 5.97 Å². The topological polar surface area (TPSA) is 46.6 Å². The maximum Gasteiger partial charge on any atom is 0.315 e. The van der Waals surface area contributed by atoms with Crippen molar-refractivity contribution in [2.75, 3.05) is 20.2 Å². The molecule has 0 saturated heterocycles.